The van der Waals surface area contributed by atoms with Crippen LogP contribution in [0.4, 0.5) is 5.69 Å². The number of benzene rings is 2. The highest BCUT2D eigenvalue weighted by molar-refractivity contribution is 5.96. The number of nitrogens with one attached hydrogen (secondary N) is 2. The zero-order chi connectivity index (χ0) is 22.9. The van der Waals surface area contributed by atoms with Gasteiger partial charge in [0.2, 0.25) is 6.41 Å². The van der Waals surface area contributed by atoms with Gasteiger partial charge in [-0.2, -0.15) is 10.2 Å². The van der Waals surface area contributed by atoms with Crippen LogP contribution in [0.25, 0.3) is 33.5 Å². The first-order chi connectivity index (χ1) is 15.2. The van der Waals surface area contributed by atoms with Gasteiger partial charge in [0.05, 0.1) is 17.8 Å². The number of hydrogen-bond donors (Lipinski definition) is 2. The largest absolute Gasteiger partial charge is 0.314 e. The summed E-state index contributed by atoms with van der Waals surface area (Å²) in [5.41, 5.74) is 4.46. The maximum atomic E-state index is 11.7. The summed E-state index contributed by atoms with van der Waals surface area (Å²) in [6, 6.07) is 13.9. The van der Waals surface area contributed by atoms with Gasteiger partial charge in [-0.25, -0.2) is 4.98 Å². The minimum Gasteiger partial charge on any atom is -0.314 e. The van der Waals surface area contributed by atoms with Crippen molar-refractivity contribution in [3.8, 4) is 22.6 Å². The topological polar surface area (TPSA) is 93.8 Å². The second-order valence-corrected chi connectivity index (χ2v) is 9.52. The van der Waals surface area contributed by atoms with Gasteiger partial charge in [0.25, 0.3) is 0 Å². The van der Waals surface area contributed by atoms with Crippen LogP contribution < -0.4 is 4.90 Å². The van der Waals surface area contributed by atoms with Crippen LogP contribution in [0.1, 0.15) is 26.6 Å². The highest BCUT2D eigenvalue weighted by Crippen LogP contribution is 2.32. The standard InChI is InChI=1S/C24H29N7O/c1-24(2,3)14-31(15-32)18-8-6-7-16(11-18)22-19-12-17(9-10-20(19)26-28-22)23-25-21(27-29-23)13-30(4)5/h6-12,15H,13-14H2,1-5H3,(H,26,28)(H,25,27,29). The van der Waals surface area contributed by atoms with E-state index in [0.717, 1.165) is 45.6 Å². The van der Waals surface area contributed by atoms with Crippen LogP contribution in [-0.2, 0) is 11.3 Å². The zero-order valence-corrected chi connectivity index (χ0v) is 19.2. The third-order valence-electron chi connectivity index (χ3n) is 5.04. The van der Waals surface area contributed by atoms with Crippen LogP contribution >= 0.6 is 0 Å². The monoisotopic (exact) mass is 431 g/mol. The molecule has 8 nitrogen and oxygen atoms in total. The molecule has 0 bridgehead atoms. The Balaban J connectivity index is 1.70. The molecule has 0 aliphatic rings. The van der Waals surface area contributed by atoms with E-state index < -0.39 is 0 Å². The lowest BCUT2D eigenvalue weighted by atomic mass is 9.96. The lowest BCUT2D eigenvalue weighted by Crippen LogP contribution is -2.31. The van der Waals surface area contributed by atoms with E-state index in [0.29, 0.717) is 18.9 Å². The molecule has 0 saturated heterocycles. The molecule has 2 N–H and O–H groups in total. The van der Waals surface area contributed by atoms with Gasteiger partial charge in [0, 0.05) is 28.7 Å². The lowest BCUT2D eigenvalue weighted by molar-refractivity contribution is -0.107. The van der Waals surface area contributed by atoms with Crippen molar-refractivity contribution >= 4 is 23.0 Å². The molecule has 0 aliphatic carbocycles. The predicted molar refractivity (Wildman–Crippen MR) is 127 cm³/mol. The molecule has 166 valence electrons. The van der Waals surface area contributed by atoms with E-state index >= 15 is 0 Å². The van der Waals surface area contributed by atoms with Crippen molar-refractivity contribution < 1.29 is 4.79 Å². The molecule has 8 heteroatoms. The number of amides is 1. The molecule has 0 spiro atoms. The SMILES string of the molecule is CN(C)Cc1nc(-c2ccc3[nH]nc(-c4cccc(N(C=O)CC(C)(C)C)c4)c3c2)n[nH]1. The fourth-order valence-electron chi connectivity index (χ4n) is 3.70. The Morgan fingerprint density at radius 2 is 1.81 bits per heavy atom. The molecule has 0 unspecified atom stereocenters. The number of hydrogen-bond acceptors (Lipinski definition) is 5. The van der Waals surface area contributed by atoms with E-state index in [9.17, 15) is 4.79 Å². The summed E-state index contributed by atoms with van der Waals surface area (Å²) >= 11 is 0. The van der Waals surface area contributed by atoms with Gasteiger partial charge in [-0.1, -0.05) is 32.9 Å². The van der Waals surface area contributed by atoms with Crippen molar-refractivity contribution in [2.75, 3.05) is 25.5 Å². The van der Waals surface area contributed by atoms with Gasteiger partial charge in [-0.3, -0.25) is 15.0 Å². The van der Waals surface area contributed by atoms with Crippen LogP contribution in [0.5, 0.6) is 0 Å². The second-order valence-electron chi connectivity index (χ2n) is 9.52. The number of carbonyl (C=O) groups excluding carboxylic acids is 1. The molecule has 4 rings (SSSR count). The smallest absolute Gasteiger partial charge is 0.214 e. The lowest BCUT2D eigenvalue weighted by Gasteiger charge is -2.27. The van der Waals surface area contributed by atoms with E-state index in [1.165, 1.54) is 0 Å². The van der Waals surface area contributed by atoms with Crippen LogP contribution in [0, 0.1) is 5.41 Å². The van der Waals surface area contributed by atoms with Crippen LogP contribution in [0.3, 0.4) is 0 Å². The minimum absolute atomic E-state index is 0.00710. The molecule has 0 atom stereocenters. The number of fused-ring (bicyclic) bond motifs is 1. The summed E-state index contributed by atoms with van der Waals surface area (Å²) in [4.78, 5) is 20.1. The summed E-state index contributed by atoms with van der Waals surface area (Å²) in [7, 11) is 3.99. The van der Waals surface area contributed by atoms with E-state index in [2.05, 4.69) is 52.2 Å². The number of rotatable bonds is 7. The number of anilines is 1. The highest BCUT2D eigenvalue weighted by atomic mass is 16.1. The van der Waals surface area contributed by atoms with Gasteiger partial charge in [-0.05, 0) is 49.8 Å². The summed E-state index contributed by atoms with van der Waals surface area (Å²) in [6.07, 6.45) is 0.889. The molecule has 2 heterocycles. The van der Waals surface area contributed by atoms with E-state index in [1.807, 2.05) is 55.4 Å². The molecule has 1 amide bonds. The Morgan fingerprint density at radius 3 is 2.53 bits per heavy atom. The summed E-state index contributed by atoms with van der Waals surface area (Å²) in [5, 5.41) is 16.0. The van der Waals surface area contributed by atoms with Crippen molar-refractivity contribution in [3.63, 3.8) is 0 Å². The molecule has 4 aromatic rings. The Labute approximate surface area is 187 Å². The van der Waals surface area contributed by atoms with Crippen molar-refractivity contribution in [2.45, 2.75) is 27.3 Å². The highest BCUT2D eigenvalue weighted by Gasteiger charge is 2.18. The average molecular weight is 432 g/mol. The molecule has 2 aromatic carbocycles. The van der Waals surface area contributed by atoms with Gasteiger partial charge in [0.1, 0.15) is 5.82 Å². The van der Waals surface area contributed by atoms with Gasteiger partial charge >= 0.3 is 0 Å². The Hall–Kier alpha value is -3.52. The third-order valence-corrected chi connectivity index (χ3v) is 5.04. The van der Waals surface area contributed by atoms with Crippen LogP contribution in [0.15, 0.2) is 42.5 Å². The normalized spacial score (nSPS) is 11.9. The summed E-state index contributed by atoms with van der Waals surface area (Å²) in [6.45, 7) is 7.67. The van der Waals surface area contributed by atoms with Gasteiger partial charge < -0.3 is 9.80 Å². The number of aromatic nitrogens is 5. The van der Waals surface area contributed by atoms with Gasteiger partial charge in [0.15, 0.2) is 5.82 Å². The Bertz CT molecular complexity index is 1230. The maximum absolute atomic E-state index is 11.7. The third kappa shape index (κ3) is 4.70. The number of nitrogens with zero attached hydrogens (tertiary/aromatic N) is 5. The van der Waals surface area contributed by atoms with E-state index in [1.54, 1.807) is 4.90 Å². The number of aromatic amines is 2. The average Bonchev–Trinajstić information content (AvgIpc) is 3.37. The Morgan fingerprint density at radius 1 is 1.00 bits per heavy atom. The molecule has 2 aromatic heterocycles. The molecule has 0 saturated carbocycles. The summed E-state index contributed by atoms with van der Waals surface area (Å²) < 4.78 is 0. The molecule has 0 fully saturated rings. The number of H-pyrrole nitrogens is 2. The van der Waals surface area contributed by atoms with Crippen LogP contribution in [-0.4, -0.2) is 57.3 Å². The molecule has 32 heavy (non-hydrogen) atoms. The first kappa shape index (κ1) is 21.7. The summed E-state index contributed by atoms with van der Waals surface area (Å²) in [5.74, 6) is 1.47. The first-order valence-corrected chi connectivity index (χ1v) is 10.6. The van der Waals surface area contributed by atoms with Crippen molar-refractivity contribution in [1.82, 2.24) is 30.3 Å². The molecular formula is C24H29N7O. The molecular weight excluding hydrogens is 402 g/mol. The van der Waals surface area contributed by atoms with Crippen LogP contribution in [0.2, 0.25) is 0 Å². The zero-order valence-electron chi connectivity index (χ0n) is 19.2. The maximum Gasteiger partial charge on any atom is 0.214 e. The van der Waals surface area contributed by atoms with E-state index in [-0.39, 0.29) is 5.41 Å². The van der Waals surface area contributed by atoms with Crippen molar-refractivity contribution in [1.29, 1.82) is 0 Å². The minimum atomic E-state index is -0.00710. The molecule has 0 radical (unpaired) electrons. The Kier molecular flexibility index (Phi) is 5.80. The van der Waals surface area contributed by atoms with Crippen molar-refractivity contribution in [3.05, 3.63) is 48.3 Å². The quantitative estimate of drug-likeness (QED) is 0.430. The van der Waals surface area contributed by atoms with Crippen molar-refractivity contribution in [2.24, 2.45) is 5.41 Å². The predicted octanol–water partition coefficient (Wildman–Crippen LogP) is 4.09. The number of carbonyl (C=O) groups is 1. The fourth-order valence-corrected chi connectivity index (χ4v) is 3.70. The second kappa shape index (κ2) is 8.55. The fraction of sp³-hybridized carbons (Fsp3) is 0.333. The van der Waals surface area contributed by atoms with E-state index in [4.69, 9.17) is 0 Å². The first-order valence-electron chi connectivity index (χ1n) is 10.6. The molecule has 0 aliphatic heterocycles. The van der Waals surface area contributed by atoms with Gasteiger partial charge in [-0.15, -0.1) is 0 Å².